The second-order valence-electron chi connectivity index (χ2n) is 4.29. The molecular formula is C13H15FO2. The van der Waals surface area contributed by atoms with Crippen LogP contribution in [-0.2, 0) is 11.2 Å². The molecule has 0 N–H and O–H groups in total. The van der Waals surface area contributed by atoms with Crippen LogP contribution in [0.3, 0.4) is 0 Å². The number of halogens is 1. The molecule has 0 aromatic heterocycles. The van der Waals surface area contributed by atoms with Crippen molar-refractivity contribution >= 4 is 5.78 Å². The first-order valence-electron chi connectivity index (χ1n) is 5.53. The fourth-order valence-corrected chi connectivity index (χ4v) is 2.25. The highest BCUT2D eigenvalue weighted by Crippen LogP contribution is 2.28. The molecule has 16 heavy (non-hydrogen) atoms. The topological polar surface area (TPSA) is 26.3 Å². The number of ether oxygens (including phenoxy) is 1. The minimum atomic E-state index is -0.288. The van der Waals surface area contributed by atoms with Crippen molar-refractivity contribution in [2.45, 2.75) is 25.7 Å². The summed E-state index contributed by atoms with van der Waals surface area (Å²) in [4.78, 5) is 11.1. The van der Waals surface area contributed by atoms with Crippen molar-refractivity contribution in [3.63, 3.8) is 0 Å². The molecule has 3 heteroatoms. The number of hydrogen-bond acceptors (Lipinski definition) is 2. The molecule has 1 aliphatic carbocycles. The molecule has 1 saturated carbocycles. The SMILES string of the molecule is COc1cccc(CC2CCC(=O)C2)c1F. The lowest BCUT2D eigenvalue weighted by atomic mass is 9.97. The fraction of sp³-hybridized carbons (Fsp3) is 0.462. The van der Waals surface area contributed by atoms with E-state index in [0.717, 1.165) is 6.42 Å². The van der Waals surface area contributed by atoms with Gasteiger partial charge in [0, 0.05) is 12.8 Å². The highest BCUT2D eigenvalue weighted by molar-refractivity contribution is 5.80. The first kappa shape index (κ1) is 11.1. The summed E-state index contributed by atoms with van der Waals surface area (Å²) in [5, 5.41) is 0. The average Bonchev–Trinajstić information content (AvgIpc) is 2.67. The van der Waals surface area contributed by atoms with Crippen LogP contribution in [0.5, 0.6) is 5.75 Å². The third kappa shape index (κ3) is 2.23. The molecule has 1 aliphatic rings. The number of carbonyl (C=O) groups excluding carboxylic acids is 1. The van der Waals surface area contributed by atoms with Gasteiger partial charge in [-0.25, -0.2) is 4.39 Å². The zero-order valence-electron chi connectivity index (χ0n) is 9.33. The molecule has 0 radical (unpaired) electrons. The van der Waals surface area contributed by atoms with Gasteiger partial charge in [-0.3, -0.25) is 4.79 Å². The number of benzene rings is 1. The molecule has 2 nitrogen and oxygen atoms in total. The lowest BCUT2D eigenvalue weighted by Gasteiger charge is -2.10. The fourth-order valence-electron chi connectivity index (χ4n) is 2.25. The molecule has 86 valence electrons. The van der Waals surface area contributed by atoms with Gasteiger partial charge in [-0.2, -0.15) is 0 Å². The molecule has 0 heterocycles. The molecule has 0 spiro atoms. The van der Waals surface area contributed by atoms with E-state index in [9.17, 15) is 9.18 Å². The first-order chi connectivity index (χ1) is 7.70. The second-order valence-corrected chi connectivity index (χ2v) is 4.29. The monoisotopic (exact) mass is 222 g/mol. The van der Waals surface area contributed by atoms with Crippen LogP contribution in [0.1, 0.15) is 24.8 Å². The van der Waals surface area contributed by atoms with Crippen molar-refractivity contribution in [3.05, 3.63) is 29.6 Å². The summed E-state index contributed by atoms with van der Waals surface area (Å²) in [5.74, 6) is 0.591. The minimum Gasteiger partial charge on any atom is -0.494 e. The van der Waals surface area contributed by atoms with Gasteiger partial charge in [0.25, 0.3) is 0 Å². The Balaban J connectivity index is 2.12. The number of hydrogen-bond donors (Lipinski definition) is 0. The summed E-state index contributed by atoms with van der Waals surface area (Å²) in [6.45, 7) is 0. The molecule has 0 bridgehead atoms. The van der Waals surface area contributed by atoms with E-state index in [1.165, 1.54) is 7.11 Å². The number of methoxy groups -OCH3 is 1. The molecule has 0 amide bonds. The third-order valence-corrected chi connectivity index (χ3v) is 3.12. The van der Waals surface area contributed by atoms with Crippen LogP contribution in [0.4, 0.5) is 4.39 Å². The Kier molecular flexibility index (Phi) is 3.22. The molecule has 1 aromatic carbocycles. The third-order valence-electron chi connectivity index (χ3n) is 3.12. The van der Waals surface area contributed by atoms with Gasteiger partial charge in [0.1, 0.15) is 5.78 Å². The highest BCUT2D eigenvalue weighted by Gasteiger charge is 2.23. The molecule has 1 atom stereocenters. The van der Waals surface area contributed by atoms with E-state index in [1.54, 1.807) is 18.2 Å². The van der Waals surface area contributed by atoms with Gasteiger partial charge in [0.2, 0.25) is 0 Å². The Morgan fingerprint density at radius 3 is 2.94 bits per heavy atom. The smallest absolute Gasteiger partial charge is 0.168 e. The quantitative estimate of drug-likeness (QED) is 0.786. The summed E-state index contributed by atoms with van der Waals surface area (Å²) in [5.41, 5.74) is 0.652. The van der Waals surface area contributed by atoms with E-state index in [-0.39, 0.29) is 11.6 Å². The van der Waals surface area contributed by atoms with Gasteiger partial charge in [0.05, 0.1) is 7.11 Å². The Bertz CT molecular complexity index is 401. The lowest BCUT2D eigenvalue weighted by molar-refractivity contribution is -0.117. The molecule has 1 fully saturated rings. The van der Waals surface area contributed by atoms with Gasteiger partial charge < -0.3 is 4.74 Å². The van der Waals surface area contributed by atoms with Crippen molar-refractivity contribution in [1.82, 2.24) is 0 Å². The van der Waals surface area contributed by atoms with Gasteiger partial charge in [-0.05, 0) is 30.4 Å². The zero-order chi connectivity index (χ0) is 11.5. The maximum Gasteiger partial charge on any atom is 0.168 e. The lowest BCUT2D eigenvalue weighted by Crippen LogP contribution is -2.03. The number of ketones is 1. The van der Waals surface area contributed by atoms with Gasteiger partial charge in [0.15, 0.2) is 11.6 Å². The minimum absolute atomic E-state index is 0.279. The van der Waals surface area contributed by atoms with Gasteiger partial charge in [-0.15, -0.1) is 0 Å². The Hall–Kier alpha value is -1.38. The number of rotatable bonds is 3. The van der Waals surface area contributed by atoms with Crippen LogP contribution in [0, 0.1) is 11.7 Å². The molecule has 1 unspecified atom stereocenters. The second kappa shape index (κ2) is 4.64. The predicted octanol–water partition coefficient (Wildman–Crippen LogP) is 2.75. The highest BCUT2D eigenvalue weighted by atomic mass is 19.1. The largest absolute Gasteiger partial charge is 0.494 e. The van der Waals surface area contributed by atoms with Crippen molar-refractivity contribution in [2.75, 3.05) is 7.11 Å². The van der Waals surface area contributed by atoms with Crippen LogP contribution in [0.2, 0.25) is 0 Å². The maximum absolute atomic E-state index is 13.8. The Morgan fingerprint density at radius 2 is 2.31 bits per heavy atom. The van der Waals surface area contributed by atoms with E-state index >= 15 is 0 Å². The molecule has 0 saturated heterocycles. The van der Waals surface area contributed by atoms with E-state index in [4.69, 9.17) is 4.74 Å². The molecule has 2 rings (SSSR count). The van der Waals surface area contributed by atoms with Crippen molar-refractivity contribution < 1.29 is 13.9 Å². The molecular weight excluding hydrogens is 207 g/mol. The maximum atomic E-state index is 13.8. The Morgan fingerprint density at radius 1 is 1.50 bits per heavy atom. The normalized spacial score (nSPS) is 20.1. The van der Waals surface area contributed by atoms with E-state index in [0.29, 0.717) is 36.5 Å². The first-order valence-corrected chi connectivity index (χ1v) is 5.53. The van der Waals surface area contributed by atoms with Gasteiger partial charge >= 0.3 is 0 Å². The van der Waals surface area contributed by atoms with Crippen LogP contribution >= 0.6 is 0 Å². The zero-order valence-corrected chi connectivity index (χ0v) is 9.33. The summed E-state index contributed by atoms with van der Waals surface area (Å²) in [6, 6.07) is 5.16. The number of Topliss-reactive ketones (excluding diaryl/α,β-unsaturated/α-hetero) is 1. The summed E-state index contributed by atoms with van der Waals surface area (Å²) in [6.07, 6.45) is 2.76. The van der Waals surface area contributed by atoms with Crippen molar-refractivity contribution in [2.24, 2.45) is 5.92 Å². The van der Waals surface area contributed by atoms with E-state index in [2.05, 4.69) is 0 Å². The summed E-state index contributed by atoms with van der Waals surface area (Å²) >= 11 is 0. The van der Waals surface area contributed by atoms with Crippen LogP contribution < -0.4 is 4.74 Å². The summed E-state index contributed by atoms with van der Waals surface area (Å²) < 4.78 is 18.7. The van der Waals surface area contributed by atoms with Gasteiger partial charge in [-0.1, -0.05) is 12.1 Å². The standard InChI is InChI=1S/C13H15FO2/c1-16-12-4-2-3-10(13(12)14)7-9-5-6-11(15)8-9/h2-4,9H,5-8H2,1H3. The average molecular weight is 222 g/mol. The van der Waals surface area contributed by atoms with Crippen molar-refractivity contribution in [1.29, 1.82) is 0 Å². The van der Waals surface area contributed by atoms with E-state index < -0.39 is 0 Å². The van der Waals surface area contributed by atoms with E-state index in [1.807, 2.05) is 0 Å². The Labute approximate surface area is 94.4 Å². The summed E-state index contributed by atoms with van der Waals surface area (Å²) in [7, 11) is 1.46. The number of carbonyl (C=O) groups is 1. The van der Waals surface area contributed by atoms with Crippen molar-refractivity contribution in [3.8, 4) is 5.75 Å². The van der Waals surface area contributed by atoms with Crippen LogP contribution in [-0.4, -0.2) is 12.9 Å². The molecule has 1 aromatic rings. The van der Waals surface area contributed by atoms with Crippen LogP contribution in [0.15, 0.2) is 18.2 Å². The molecule has 0 aliphatic heterocycles. The van der Waals surface area contributed by atoms with Crippen LogP contribution in [0.25, 0.3) is 0 Å². The predicted molar refractivity (Wildman–Crippen MR) is 59.0 cm³/mol.